The van der Waals surface area contributed by atoms with Crippen LogP contribution in [-0.4, -0.2) is 37.0 Å². The molecule has 3 rings (SSSR count). The van der Waals surface area contributed by atoms with Gasteiger partial charge in [0, 0.05) is 30.6 Å². The Kier molecular flexibility index (Phi) is 5.99. The molecule has 0 bridgehead atoms. The molecule has 0 radical (unpaired) electrons. The van der Waals surface area contributed by atoms with Crippen LogP contribution in [0.2, 0.25) is 0 Å². The maximum Gasteiger partial charge on any atom is 0.240 e. The summed E-state index contributed by atoms with van der Waals surface area (Å²) in [5.74, 6) is 0.140. The summed E-state index contributed by atoms with van der Waals surface area (Å²) in [6.07, 6.45) is 2.68. The number of fused-ring (bicyclic) bond motifs is 1. The lowest BCUT2D eigenvalue weighted by Crippen LogP contribution is -2.40. The van der Waals surface area contributed by atoms with E-state index in [-0.39, 0.29) is 18.4 Å². The maximum absolute atomic E-state index is 12.5. The van der Waals surface area contributed by atoms with E-state index < -0.39 is 0 Å². The number of anilines is 1. The summed E-state index contributed by atoms with van der Waals surface area (Å²) in [5, 5.41) is 4.06. The van der Waals surface area contributed by atoms with Gasteiger partial charge in [-0.1, -0.05) is 24.3 Å². The standard InChI is InChI=1S/C22H25N3O3/c1-15-8-9-21(28-3)20(12-15)25(16(2)26)14-22(27)23-11-10-17-13-24-19-7-5-4-6-18(17)19/h4-9,12-13,24H,10-11,14H2,1-3H3,(H,23,27). The number of amides is 2. The van der Waals surface area contributed by atoms with Crippen LogP contribution < -0.4 is 15.0 Å². The summed E-state index contributed by atoms with van der Waals surface area (Å²) in [7, 11) is 1.55. The summed E-state index contributed by atoms with van der Waals surface area (Å²) < 4.78 is 5.35. The van der Waals surface area contributed by atoms with E-state index in [0.717, 1.165) is 22.0 Å². The summed E-state index contributed by atoms with van der Waals surface area (Å²) in [5.41, 5.74) is 3.82. The third kappa shape index (κ3) is 4.34. The van der Waals surface area contributed by atoms with Gasteiger partial charge in [-0.25, -0.2) is 0 Å². The fraction of sp³-hybridized carbons (Fsp3) is 0.273. The second-order valence-corrected chi connectivity index (χ2v) is 6.74. The molecule has 1 aromatic heterocycles. The van der Waals surface area contributed by atoms with Gasteiger partial charge in [0.2, 0.25) is 11.8 Å². The van der Waals surface area contributed by atoms with Crippen LogP contribution >= 0.6 is 0 Å². The molecule has 0 saturated carbocycles. The van der Waals surface area contributed by atoms with Gasteiger partial charge in [-0.2, -0.15) is 0 Å². The van der Waals surface area contributed by atoms with Crippen LogP contribution in [0.15, 0.2) is 48.7 Å². The zero-order chi connectivity index (χ0) is 20.1. The average Bonchev–Trinajstić information content (AvgIpc) is 3.09. The van der Waals surface area contributed by atoms with Gasteiger partial charge in [0.15, 0.2) is 0 Å². The van der Waals surface area contributed by atoms with Gasteiger partial charge in [-0.15, -0.1) is 0 Å². The van der Waals surface area contributed by atoms with Crippen molar-refractivity contribution in [3.63, 3.8) is 0 Å². The molecule has 1 heterocycles. The molecule has 2 amide bonds. The van der Waals surface area contributed by atoms with E-state index >= 15 is 0 Å². The summed E-state index contributed by atoms with van der Waals surface area (Å²) in [6, 6.07) is 13.6. The number of aromatic amines is 1. The van der Waals surface area contributed by atoms with Crippen LogP contribution in [0, 0.1) is 6.92 Å². The van der Waals surface area contributed by atoms with Gasteiger partial charge in [0.05, 0.1) is 12.8 Å². The number of carbonyl (C=O) groups excluding carboxylic acids is 2. The summed E-state index contributed by atoms with van der Waals surface area (Å²) in [4.78, 5) is 29.3. The first-order valence-corrected chi connectivity index (χ1v) is 9.24. The molecule has 0 atom stereocenters. The second-order valence-electron chi connectivity index (χ2n) is 6.74. The molecule has 0 aliphatic rings. The molecule has 0 aliphatic heterocycles. The number of carbonyl (C=O) groups is 2. The number of hydrogen-bond acceptors (Lipinski definition) is 3. The predicted octanol–water partition coefficient (Wildman–Crippen LogP) is 3.20. The lowest BCUT2D eigenvalue weighted by Gasteiger charge is -2.23. The molecule has 6 heteroatoms. The Balaban J connectivity index is 1.63. The molecule has 146 valence electrons. The Morgan fingerprint density at radius 3 is 2.71 bits per heavy atom. The van der Waals surface area contributed by atoms with Crippen molar-refractivity contribution in [2.75, 3.05) is 25.1 Å². The van der Waals surface area contributed by atoms with Crippen LogP contribution in [0.3, 0.4) is 0 Å². The molecule has 0 fully saturated rings. The highest BCUT2D eigenvalue weighted by Crippen LogP contribution is 2.29. The van der Waals surface area contributed by atoms with Crippen molar-refractivity contribution in [1.29, 1.82) is 0 Å². The highest BCUT2D eigenvalue weighted by molar-refractivity contribution is 5.98. The molecular formula is C22H25N3O3. The normalized spacial score (nSPS) is 10.7. The number of methoxy groups -OCH3 is 1. The molecule has 2 aromatic carbocycles. The van der Waals surface area contributed by atoms with E-state index in [9.17, 15) is 9.59 Å². The first-order chi connectivity index (χ1) is 13.5. The molecule has 6 nitrogen and oxygen atoms in total. The molecule has 3 aromatic rings. The molecule has 0 spiro atoms. The van der Waals surface area contributed by atoms with E-state index in [1.165, 1.54) is 11.8 Å². The van der Waals surface area contributed by atoms with E-state index in [4.69, 9.17) is 4.74 Å². The van der Waals surface area contributed by atoms with Crippen LogP contribution in [0.5, 0.6) is 5.75 Å². The Bertz CT molecular complexity index is 994. The smallest absolute Gasteiger partial charge is 0.240 e. The number of hydrogen-bond donors (Lipinski definition) is 2. The molecule has 0 unspecified atom stereocenters. The molecule has 2 N–H and O–H groups in total. The van der Waals surface area contributed by atoms with Gasteiger partial charge in [0.1, 0.15) is 12.3 Å². The lowest BCUT2D eigenvalue weighted by atomic mass is 10.1. The topological polar surface area (TPSA) is 74.4 Å². The minimum absolute atomic E-state index is 0.0525. The zero-order valence-electron chi connectivity index (χ0n) is 16.4. The predicted molar refractivity (Wildman–Crippen MR) is 111 cm³/mol. The lowest BCUT2D eigenvalue weighted by molar-refractivity contribution is -0.123. The van der Waals surface area contributed by atoms with Gasteiger partial charge in [-0.05, 0) is 42.7 Å². The maximum atomic E-state index is 12.5. The fourth-order valence-corrected chi connectivity index (χ4v) is 3.25. The van der Waals surface area contributed by atoms with Crippen molar-refractivity contribution < 1.29 is 14.3 Å². The van der Waals surface area contributed by atoms with Crippen molar-refractivity contribution in [3.05, 3.63) is 59.8 Å². The van der Waals surface area contributed by atoms with Crippen LogP contribution in [0.4, 0.5) is 5.69 Å². The van der Waals surface area contributed by atoms with Gasteiger partial charge >= 0.3 is 0 Å². The van der Waals surface area contributed by atoms with E-state index in [0.29, 0.717) is 24.4 Å². The number of H-pyrrole nitrogens is 1. The number of aromatic nitrogens is 1. The number of nitrogens with zero attached hydrogens (tertiary/aromatic N) is 1. The fourth-order valence-electron chi connectivity index (χ4n) is 3.25. The van der Waals surface area contributed by atoms with E-state index in [1.54, 1.807) is 13.2 Å². The second kappa shape index (κ2) is 8.61. The Morgan fingerprint density at radius 1 is 1.18 bits per heavy atom. The first-order valence-electron chi connectivity index (χ1n) is 9.24. The third-order valence-electron chi connectivity index (χ3n) is 4.70. The molecule has 0 saturated heterocycles. The van der Waals surface area contributed by atoms with Crippen molar-refractivity contribution in [3.8, 4) is 5.75 Å². The number of rotatable bonds is 7. The van der Waals surface area contributed by atoms with Crippen molar-refractivity contribution in [1.82, 2.24) is 10.3 Å². The minimum Gasteiger partial charge on any atom is -0.495 e. The van der Waals surface area contributed by atoms with Crippen LogP contribution in [0.25, 0.3) is 10.9 Å². The Labute approximate surface area is 164 Å². The highest BCUT2D eigenvalue weighted by Gasteiger charge is 2.19. The summed E-state index contributed by atoms with van der Waals surface area (Å²) >= 11 is 0. The van der Waals surface area contributed by atoms with Crippen molar-refractivity contribution >= 4 is 28.4 Å². The molecule has 0 aliphatic carbocycles. The van der Waals surface area contributed by atoms with Crippen molar-refractivity contribution in [2.45, 2.75) is 20.3 Å². The first kappa shape index (κ1) is 19.5. The Morgan fingerprint density at radius 2 is 1.96 bits per heavy atom. The SMILES string of the molecule is COc1ccc(C)cc1N(CC(=O)NCCc1c[nH]c2ccccc12)C(C)=O. The van der Waals surface area contributed by atoms with Gasteiger partial charge in [0.25, 0.3) is 0 Å². The van der Waals surface area contributed by atoms with Crippen molar-refractivity contribution in [2.24, 2.45) is 0 Å². The average molecular weight is 379 g/mol. The van der Waals surface area contributed by atoms with E-state index in [2.05, 4.69) is 16.4 Å². The van der Waals surface area contributed by atoms with Gasteiger partial charge in [-0.3, -0.25) is 14.5 Å². The number of benzene rings is 2. The quantitative estimate of drug-likeness (QED) is 0.662. The number of nitrogens with one attached hydrogen (secondary N) is 2. The number of ether oxygens (including phenoxy) is 1. The van der Waals surface area contributed by atoms with Gasteiger partial charge < -0.3 is 15.0 Å². The third-order valence-corrected chi connectivity index (χ3v) is 4.70. The molecular weight excluding hydrogens is 354 g/mol. The minimum atomic E-state index is -0.212. The van der Waals surface area contributed by atoms with Crippen LogP contribution in [0.1, 0.15) is 18.1 Å². The zero-order valence-corrected chi connectivity index (χ0v) is 16.4. The molecule has 28 heavy (non-hydrogen) atoms. The highest BCUT2D eigenvalue weighted by atomic mass is 16.5. The number of aryl methyl sites for hydroxylation is 1. The number of para-hydroxylation sites is 1. The van der Waals surface area contributed by atoms with Crippen LogP contribution in [-0.2, 0) is 16.0 Å². The largest absolute Gasteiger partial charge is 0.495 e. The Hall–Kier alpha value is -3.28. The van der Waals surface area contributed by atoms with E-state index in [1.807, 2.05) is 43.5 Å². The summed E-state index contributed by atoms with van der Waals surface area (Å²) in [6.45, 7) is 3.82. The monoisotopic (exact) mass is 379 g/mol.